The Balaban J connectivity index is 1.46. The van der Waals surface area contributed by atoms with Crippen molar-refractivity contribution in [2.75, 3.05) is 26.2 Å². The fourth-order valence-electron chi connectivity index (χ4n) is 5.45. The van der Waals surface area contributed by atoms with Crippen molar-refractivity contribution in [1.82, 2.24) is 15.1 Å². The molecule has 2 saturated heterocycles. The molecule has 2 aliphatic rings. The van der Waals surface area contributed by atoms with Gasteiger partial charge in [0.1, 0.15) is 11.6 Å². The lowest BCUT2D eigenvalue weighted by molar-refractivity contribution is -0.161. The van der Waals surface area contributed by atoms with Crippen molar-refractivity contribution in [3.05, 3.63) is 35.9 Å². The van der Waals surface area contributed by atoms with Gasteiger partial charge in [-0.2, -0.15) is 0 Å². The molecule has 5 nitrogen and oxygen atoms in total. The summed E-state index contributed by atoms with van der Waals surface area (Å²) < 4.78 is 0. The van der Waals surface area contributed by atoms with Crippen molar-refractivity contribution in [3.8, 4) is 0 Å². The number of nitrogens with one attached hydrogen (secondary N) is 1. The monoisotopic (exact) mass is 455 g/mol. The summed E-state index contributed by atoms with van der Waals surface area (Å²) in [5.74, 6) is 0.615. The molecule has 3 rings (SSSR count). The number of piperidine rings is 1. The van der Waals surface area contributed by atoms with Crippen LogP contribution in [0.3, 0.4) is 0 Å². The number of likely N-dealkylation sites (tertiary alicyclic amines) is 1. The third kappa shape index (κ3) is 6.81. The van der Waals surface area contributed by atoms with Gasteiger partial charge in [-0.15, -0.1) is 0 Å². The molecular formula is C28H45N3O2. The maximum atomic E-state index is 13.3. The first kappa shape index (κ1) is 25.7. The molecule has 2 fully saturated rings. The fourth-order valence-corrected chi connectivity index (χ4v) is 5.45. The van der Waals surface area contributed by atoms with Crippen LogP contribution in [0.15, 0.2) is 30.3 Å². The van der Waals surface area contributed by atoms with Crippen LogP contribution in [0.1, 0.15) is 84.1 Å². The van der Waals surface area contributed by atoms with Gasteiger partial charge in [0, 0.05) is 19.6 Å². The van der Waals surface area contributed by atoms with Gasteiger partial charge in [-0.25, -0.2) is 0 Å². The minimum atomic E-state index is -0.633. The van der Waals surface area contributed by atoms with Crippen molar-refractivity contribution < 1.29 is 9.59 Å². The van der Waals surface area contributed by atoms with Crippen LogP contribution in [-0.4, -0.2) is 59.4 Å². The van der Waals surface area contributed by atoms with Gasteiger partial charge in [0.25, 0.3) is 0 Å². The number of nitrogens with zero attached hydrogens (tertiary/aromatic N) is 2. The van der Waals surface area contributed by atoms with Crippen molar-refractivity contribution >= 4 is 11.8 Å². The van der Waals surface area contributed by atoms with Gasteiger partial charge in [-0.3, -0.25) is 9.59 Å². The summed E-state index contributed by atoms with van der Waals surface area (Å²) in [7, 11) is 0. The predicted molar refractivity (Wildman–Crippen MR) is 135 cm³/mol. The average Bonchev–Trinajstić information content (AvgIpc) is 2.81. The molecule has 1 atom stereocenters. The molecule has 5 heteroatoms. The van der Waals surface area contributed by atoms with E-state index < -0.39 is 5.54 Å². The second-order valence-corrected chi connectivity index (χ2v) is 10.5. The number of piperazine rings is 1. The first-order valence-corrected chi connectivity index (χ1v) is 13.3. The Labute approximate surface area is 201 Å². The van der Waals surface area contributed by atoms with Gasteiger partial charge in [0.05, 0.1) is 0 Å². The maximum absolute atomic E-state index is 13.3. The fraction of sp³-hybridized carbons (Fsp3) is 0.714. The Hall–Kier alpha value is -1.88. The van der Waals surface area contributed by atoms with E-state index in [1.54, 1.807) is 0 Å². The maximum Gasteiger partial charge on any atom is 0.246 e. The van der Waals surface area contributed by atoms with Crippen LogP contribution in [0.4, 0.5) is 0 Å². The third-order valence-electron chi connectivity index (χ3n) is 7.47. The predicted octanol–water partition coefficient (Wildman–Crippen LogP) is 4.80. The molecular weight excluding hydrogens is 410 g/mol. The molecule has 0 saturated carbocycles. The first-order valence-electron chi connectivity index (χ1n) is 13.3. The summed E-state index contributed by atoms with van der Waals surface area (Å²) in [6.45, 7) is 9.99. The summed E-state index contributed by atoms with van der Waals surface area (Å²) in [6.07, 6.45) is 10.4. The summed E-state index contributed by atoms with van der Waals surface area (Å²) in [4.78, 5) is 31.1. The molecule has 0 radical (unpaired) electrons. The van der Waals surface area contributed by atoms with E-state index in [1.807, 2.05) is 4.90 Å². The van der Waals surface area contributed by atoms with Crippen molar-refractivity contribution in [2.24, 2.45) is 5.92 Å². The van der Waals surface area contributed by atoms with Gasteiger partial charge in [-0.05, 0) is 63.0 Å². The molecule has 1 N–H and O–H groups in total. The van der Waals surface area contributed by atoms with Crippen molar-refractivity contribution in [3.63, 3.8) is 0 Å². The van der Waals surface area contributed by atoms with Gasteiger partial charge < -0.3 is 15.1 Å². The summed E-state index contributed by atoms with van der Waals surface area (Å²) in [5.41, 5.74) is 0.800. The van der Waals surface area contributed by atoms with Crippen LogP contribution < -0.4 is 5.32 Å². The molecule has 2 heterocycles. The highest BCUT2D eigenvalue weighted by atomic mass is 16.2. The highest BCUT2D eigenvalue weighted by Gasteiger charge is 2.53. The number of carbonyl (C=O) groups excluding carboxylic acids is 2. The smallest absolute Gasteiger partial charge is 0.246 e. The number of benzene rings is 1. The molecule has 1 aromatic carbocycles. The zero-order chi connectivity index (χ0) is 23.7. The van der Waals surface area contributed by atoms with Crippen LogP contribution >= 0.6 is 0 Å². The average molecular weight is 456 g/mol. The molecule has 0 aliphatic carbocycles. The van der Waals surface area contributed by atoms with Crippen LogP contribution in [0, 0.1) is 5.92 Å². The molecule has 0 bridgehead atoms. The zero-order valence-electron chi connectivity index (χ0n) is 21.2. The summed E-state index contributed by atoms with van der Waals surface area (Å²) >= 11 is 0. The van der Waals surface area contributed by atoms with E-state index in [0.29, 0.717) is 12.5 Å². The van der Waals surface area contributed by atoms with Crippen LogP contribution in [0.5, 0.6) is 0 Å². The van der Waals surface area contributed by atoms with E-state index in [1.165, 1.54) is 37.7 Å². The van der Waals surface area contributed by atoms with Crippen LogP contribution in [0.25, 0.3) is 0 Å². The van der Waals surface area contributed by atoms with E-state index in [-0.39, 0.29) is 17.9 Å². The minimum Gasteiger partial charge on any atom is -0.342 e. The second-order valence-electron chi connectivity index (χ2n) is 10.5. The lowest BCUT2D eigenvalue weighted by atomic mass is 9.80. The van der Waals surface area contributed by atoms with E-state index in [0.717, 1.165) is 51.7 Å². The molecule has 0 unspecified atom stereocenters. The molecule has 0 aromatic heterocycles. The van der Waals surface area contributed by atoms with Gasteiger partial charge in [-0.1, -0.05) is 70.4 Å². The quantitative estimate of drug-likeness (QED) is 0.461. The Morgan fingerprint density at radius 2 is 1.67 bits per heavy atom. The number of aryl methyl sites for hydroxylation is 1. The van der Waals surface area contributed by atoms with E-state index in [2.05, 4.69) is 61.3 Å². The van der Waals surface area contributed by atoms with E-state index in [4.69, 9.17) is 0 Å². The second kappa shape index (κ2) is 12.5. The molecule has 1 aromatic rings. The molecule has 33 heavy (non-hydrogen) atoms. The molecule has 184 valence electrons. The van der Waals surface area contributed by atoms with Crippen LogP contribution in [0.2, 0.25) is 0 Å². The Morgan fingerprint density at radius 3 is 2.33 bits per heavy atom. The zero-order valence-corrected chi connectivity index (χ0v) is 21.2. The summed E-state index contributed by atoms with van der Waals surface area (Å²) in [5, 5.41) is 3.11. The first-order chi connectivity index (χ1) is 16.0. The largest absolute Gasteiger partial charge is 0.342 e. The van der Waals surface area contributed by atoms with Crippen molar-refractivity contribution in [2.45, 2.75) is 96.6 Å². The Morgan fingerprint density at radius 1 is 0.970 bits per heavy atom. The van der Waals surface area contributed by atoms with E-state index >= 15 is 0 Å². The number of amides is 2. The normalized spacial score (nSPS) is 21.1. The highest BCUT2D eigenvalue weighted by molar-refractivity contribution is 6.00. The van der Waals surface area contributed by atoms with Crippen LogP contribution in [-0.2, 0) is 16.0 Å². The molecule has 1 spiro atoms. The van der Waals surface area contributed by atoms with Crippen molar-refractivity contribution in [1.29, 1.82) is 0 Å². The third-order valence-corrected chi connectivity index (χ3v) is 7.47. The number of unbranched alkanes of at least 4 members (excludes halogenated alkanes) is 4. The lowest BCUT2D eigenvalue weighted by Gasteiger charge is -2.52. The lowest BCUT2D eigenvalue weighted by Crippen LogP contribution is -2.73. The van der Waals surface area contributed by atoms with Gasteiger partial charge in [0.15, 0.2) is 0 Å². The number of rotatable bonds is 12. The number of hydrogen-bond acceptors (Lipinski definition) is 3. The standard InChI is InChI=1S/C28H45N3O2/c1-4-5-19-31-26(32)25(22-23(2)3)29-27(33)28(31)16-20-30(21-17-28)18-12-7-6-9-13-24-14-10-8-11-15-24/h8,10-11,14-15,23,25H,4-7,9,12-13,16-22H2,1-3H3,(H,29,33)/t25-/m0/s1. The molecule has 2 amide bonds. The Kier molecular flexibility index (Phi) is 9.78. The summed E-state index contributed by atoms with van der Waals surface area (Å²) in [6, 6.07) is 10.4. The minimum absolute atomic E-state index is 0.0874. The van der Waals surface area contributed by atoms with Gasteiger partial charge >= 0.3 is 0 Å². The Bertz CT molecular complexity index is 741. The SMILES string of the molecule is CCCCN1C(=O)[C@H](CC(C)C)NC(=O)C12CCN(CCCCCCc1ccccc1)CC2. The highest BCUT2D eigenvalue weighted by Crippen LogP contribution is 2.34. The molecule has 2 aliphatic heterocycles. The van der Waals surface area contributed by atoms with E-state index in [9.17, 15) is 9.59 Å². The topological polar surface area (TPSA) is 52.7 Å². The number of carbonyl (C=O) groups is 2. The van der Waals surface area contributed by atoms with Gasteiger partial charge in [0.2, 0.25) is 11.8 Å². The number of hydrogen-bond donors (Lipinski definition) is 1.